The summed E-state index contributed by atoms with van der Waals surface area (Å²) in [7, 11) is 1.96. The number of rotatable bonds is 6. The first-order valence-corrected chi connectivity index (χ1v) is 7.86. The smallest absolute Gasteiger partial charge is 0.287 e. The number of nitro groups is 1. The fraction of sp³-hybridized carbons (Fsp3) is 0.750. The maximum atomic E-state index is 11.2. The lowest BCUT2D eigenvalue weighted by Gasteiger charge is -2.38. The van der Waals surface area contributed by atoms with E-state index in [1.165, 1.54) is 0 Å². The molecule has 0 bridgehead atoms. The number of hydrogen-bond acceptors (Lipinski definition) is 4. The maximum absolute atomic E-state index is 11.2. The van der Waals surface area contributed by atoms with Crippen molar-refractivity contribution in [2.75, 3.05) is 20.1 Å². The van der Waals surface area contributed by atoms with Crippen LogP contribution in [0.4, 0.5) is 0 Å². The highest BCUT2D eigenvalue weighted by Crippen LogP contribution is 2.20. The molecule has 5 heteroatoms. The minimum Gasteiger partial charge on any atom is -0.372 e. The summed E-state index contributed by atoms with van der Waals surface area (Å²) in [6.07, 6.45) is 6.55. The third kappa shape index (κ3) is 5.16. The molecule has 1 aliphatic rings. The van der Waals surface area contributed by atoms with Gasteiger partial charge in [-0.15, -0.1) is 0 Å². The molecule has 0 N–H and O–H groups in total. The number of nitrogens with zero attached hydrogens (tertiary/aromatic N) is 3. The quantitative estimate of drug-likeness (QED) is 0.429. The molecule has 1 saturated heterocycles. The van der Waals surface area contributed by atoms with Crippen LogP contribution in [0.25, 0.3) is 0 Å². The lowest BCUT2D eigenvalue weighted by Crippen LogP contribution is -2.44. The minimum atomic E-state index is -0.277. The van der Waals surface area contributed by atoms with Gasteiger partial charge in [0.2, 0.25) is 0 Å². The first-order chi connectivity index (χ1) is 9.86. The molecule has 0 unspecified atom stereocenters. The first-order valence-electron chi connectivity index (χ1n) is 7.86. The summed E-state index contributed by atoms with van der Waals surface area (Å²) < 4.78 is 0. The zero-order chi connectivity index (χ0) is 16.0. The van der Waals surface area contributed by atoms with Crippen molar-refractivity contribution < 1.29 is 4.92 Å². The molecule has 0 aliphatic carbocycles. The molecule has 120 valence electrons. The van der Waals surface area contributed by atoms with E-state index in [4.69, 9.17) is 0 Å². The molecule has 0 aromatic rings. The molecule has 0 radical (unpaired) electrons. The van der Waals surface area contributed by atoms with Gasteiger partial charge in [0, 0.05) is 37.8 Å². The van der Waals surface area contributed by atoms with Crippen LogP contribution in [0.2, 0.25) is 0 Å². The zero-order valence-corrected chi connectivity index (χ0v) is 14.0. The van der Waals surface area contributed by atoms with Crippen LogP contribution in [0, 0.1) is 10.1 Å². The topological polar surface area (TPSA) is 49.6 Å². The SMILES string of the molecule is CC/C=C(C)/C(=C\N(C)C1CCN(C(C)C)CC1)[N+](=O)[O-]. The molecule has 5 nitrogen and oxygen atoms in total. The van der Waals surface area contributed by atoms with Crippen molar-refractivity contribution in [3.63, 3.8) is 0 Å². The predicted octanol–water partition coefficient (Wildman–Crippen LogP) is 3.27. The van der Waals surface area contributed by atoms with Crippen molar-refractivity contribution >= 4 is 0 Å². The van der Waals surface area contributed by atoms with Crippen molar-refractivity contribution in [3.8, 4) is 0 Å². The molecular formula is C16H29N3O2. The molecule has 0 atom stereocenters. The summed E-state index contributed by atoms with van der Waals surface area (Å²) in [6, 6.07) is 0.972. The summed E-state index contributed by atoms with van der Waals surface area (Å²) in [6.45, 7) is 10.4. The third-order valence-electron chi connectivity index (χ3n) is 4.24. The highest BCUT2D eigenvalue weighted by molar-refractivity contribution is 5.22. The summed E-state index contributed by atoms with van der Waals surface area (Å²) in [5.74, 6) is 0. The lowest BCUT2D eigenvalue weighted by molar-refractivity contribution is -0.421. The Bertz CT molecular complexity index is 408. The molecule has 1 fully saturated rings. The van der Waals surface area contributed by atoms with Gasteiger partial charge in [0.1, 0.15) is 0 Å². The standard InChI is InChI=1S/C16H29N3O2/c1-6-7-14(4)16(19(20)21)12-17(5)15-8-10-18(11-9-15)13(2)3/h7,12-13,15H,6,8-11H2,1-5H3/b14-7+,16-12+. The van der Waals surface area contributed by atoms with Crippen LogP contribution in [0.5, 0.6) is 0 Å². The van der Waals surface area contributed by atoms with Gasteiger partial charge in [-0.2, -0.15) is 0 Å². The van der Waals surface area contributed by atoms with Crippen molar-refractivity contribution in [2.24, 2.45) is 0 Å². The Labute approximate surface area is 128 Å². The van der Waals surface area contributed by atoms with E-state index in [1.807, 2.05) is 31.9 Å². The van der Waals surface area contributed by atoms with E-state index in [2.05, 4.69) is 18.7 Å². The highest BCUT2D eigenvalue weighted by atomic mass is 16.6. The molecule has 1 rings (SSSR count). The van der Waals surface area contributed by atoms with Gasteiger partial charge in [0.15, 0.2) is 0 Å². The van der Waals surface area contributed by atoms with Gasteiger partial charge in [-0.05, 0) is 40.0 Å². The number of allylic oxidation sites excluding steroid dienone is 2. The highest BCUT2D eigenvalue weighted by Gasteiger charge is 2.24. The van der Waals surface area contributed by atoms with Crippen molar-refractivity contribution in [1.29, 1.82) is 0 Å². The summed E-state index contributed by atoms with van der Waals surface area (Å²) in [4.78, 5) is 15.5. The Hall–Kier alpha value is -1.36. The van der Waals surface area contributed by atoms with Crippen LogP contribution in [0.15, 0.2) is 23.5 Å². The molecule has 1 aliphatic heterocycles. The Balaban J connectivity index is 2.74. The molecular weight excluding hydrogens is 266 g/mol. The summed E-state index contributed by atoms with van der Waals surface area (Å²) in [5, 5.41) is 11.2. The van der Waals surface area contributed by atoms with E-state index in [-0.39, 0.29) is 10.6 Å². The predicted molar refractivity (Wildman–Crippen MR) is 86.6 cm³/mol. The normalized spacial score (nSPS) is 19.1. The van der Waals surface area contributed by atoms with Gasteiger partial charge in [0.05, 0.1) is 11.1 Å². The van der Waals surface area contributed by atoms with E-state index >= 15 is 0 Å². The molecule has 0 saturated carbocycles. The second kappa shape index (κ2) is 8.17. The van der Waals surface area contributed by atoms with Crippen LogP contribution < -0.4 is 0 Å². The van der Waals surface area contributed by atoms with Crippen LogP contribution >= 0.6 is 0 Å². The molecule has 21 heavy (non-hydrogen) atoms. The molecule has 0 amide bonds. The van der Waals surface area contributed by atoms with Crippen LogP contribution in [0.3, 0.4) is 0 Å². The van der Waals surface area contributed by atoms with Crippen LogP contribution in [0.1, 0.15) is 47.0 Å². The van der Waals surface area contributed by atoms with Crippen LogP contribution in [-0.2, 0) is 0 Å². The fourth-order valence-corrected chi connectivity index (χ4v) is 2.81. The number of likely N-dealkylation sites (tertiary alicyclic amines) is 1. The maximum Gasteiger partial charge on any atom is 0.287 e. The van der Waals surface area contributed by atoms with Crippen molar-refractivity contribution in [3.05, 3.63) is 33.7 Å². The first kappa shape index (κ1) is 17.7. The van der Waals surface area contributed by atoms with Gasteiger partial charge in [-0.1, -0.05) is 13.0 Å². The van der Waals surface area contributed by atoms with Crippen LogP contribution in [-0.4, -0.2) is 46.9 Å². The molecule has 1 heterocycles. The number of piperidine rings is 1. The van der Waals surface area contributed by atoms with Gasteiger partial charge >= 0.3 is 0 Å². The summed E-state index contributed by atoms with van der Waals surface area (Å²) in [5.41, 5.74) is 0.958. The van der Waals surface area contributed by atoms with E-state index in [1.54, 1.807) is 6.20 Å². The van der Waals surface area contributed by atoms with E-state index in [9.17, 15) is 10.1 Å². The van der Waals surface area contributed by atoms with Gasteiger partial charge in [-0.25, -0.2) is 0 Å². The Morgan fingerprint density at radius 2 is 2.00 bits per heavy atom. The Morgan fingerprint density at radius 3 is 2.43 bits per heavy atom. The summed E-state index contributed by atoms with van der Waals surface area (Å²) >= 11 is 0. The monoisotopic (exact) mass is 295 g/mol. The average Bonchev–Trinajstić information content (AvgIpc) is 2.44. The van der Waals surface area contributed by atoms with Crippen molar-refractivity contribution in [1.82, 2.24) is 9.80 Å². The van der Waals surface area contributed by atoms with Gasteiger partial charge < -0.3 is 9.80 Å². The third-order valence-corrected chi connectivity index (χ3v) is 4.24. The lowest BCUT2D eigenvalue weighted by atomic mass is 10.0. The van der Waals surface area contributed by atoms with E-state index in [0.29, 0.717) is 12.1 Å². The second-order valence-corrected chi connectivity index (χ2v) is 6.09. The zero-order valence-electron chi connectivity index (χ0n) is 14.0. The molecule has 0 aromatic carbocycles. The Kier molecular flexibility index (Phi) is 6.89. The molecule has 0 aromatic heterocycles. The van der Waals surface area contributed by atoms with Crippen molar-refractivity contribution in [2.45, 2.75) is 59.0 Å². The second-order valence-electron chi connectivity index (χ2n) is 6.09. The molecule has 0 spiro atoms. The van der Waals surface area contributed by atoms with E-state index < -0.39 is 0 Å². The van der Waals surface area contributed by atoms with E-state index in [0.717, 1.165) is 37.9 Å². The average molecular weight is 295 g/mol. The largest absolute Gasteiger partial charge is 0.372 e. The fourth-order valence-electron chi connectivity index (χ4n) is 2.81. The number of hydrogen-bond donors (Lipinski definition) is 0. The van der Waals surface area contributed by atoms with Gasteiger partial charge in [-0.3, -0.25) is 10.1 Å². The minimum absolute atomic E-state index is 0.214. The Morgan fingerprint density at radius 1 is 1.43 bits per heavy atom. The van der Waals surface area contributed by atoms with Gasteiger partial charge in [0.25, 0.3) is 5.70 Å².